The Kier molecular flexibility index (Phi) is 7.60. The van der Waals surface area contributed by atoms with Crippen molar-refractivity contribution in [3.63, 3.8) is 0 Å². The summed E-state index contributed by atoms with van der Waals surface area (Å²) >= 11 is 0. The van der Waals surface area contributed by atoms with Gasteiger partial charge in [0, 0.05) is 18.5 Å². The van der Waals surface area contributed by atoms with Gasteiger partial charge in [0.1, 0.15) is 23.1 Å². The lowest BCUT2D eigenvalue weighted by Crippen LogP contribution is -2.13. The number of nitrogens with zero attached hydrogens (tertiary/aromatic N) is 1. The van der Waals surface area contributed by atoms with Gasteiger partial charge in [-0.3, -0.25) is 4.79 Å². The standard InChI is InChI=1S/C23H24FN3O3/c1-29-19-9-11-20(12-10-19)30-14-4-7-23(28)27-18-8-13-22(26-16-18)25-15-17-5-2-3-6-21(17)24/h2-3,5-6,8-13,16H,4,7,14-15H2,1H3,(H,25,26)(H,27,28). The maximum Gasteiger partial charge on any atom is 0.224 e. The molecule has 0 atom stereocenters. The average molecular weight is 409 g/mol. The number of nitrogens with one attached hydrogen (secondary N) is 2. The molecule has 1 amide bonds. The second kappa shape index (κ2) is 10.8. The number of methoxy groups -OCH3 is 1. The summed E-state index contributed by atoms with van der Waals surface area (Å²) in [7, 11) is 1.61. The van der Waals surface area contributed by atoms with Gasteiger partial charge in [-0.15, -0.1) is 0 Å². The zero-order chi connectivity index (χ0) is 21.2. The van der Waals surface area contributed by atoms with Crippen LogP contribution in [0.3, 0.4) is 0 Å². The molecule has 0 saturated carbocycles. The summed E-state index contributed by atoms with van der Waals surface area (Å²) in [6, 6.07) is 17.4. The van der Waals surface area contributed by atoms with E-state index in [9.17, 15) is 9.18 Å². The Morgan fingerprint density at radius 1 is 1.03 bits per heavy atom. The average Bonchev–Trinajstić information content (AvgIpc) is 2.77. The largest absolute Gasteiger partial charge is 0.497 e. The molecule has 0 aliphatic heterocycles. The predicted molar refractivity (Wildman–Crippen MR) is 114 cm³/mol. The van der Waals surface area contributed by atoms with Gasteiger partial charge >= 0.3 is 0 Å². The maximum atomic E-state index is 13.6. The summed E-state index contributed by atoms with van der Waals surface area (Å²) in [6.45, 7) is 0.774. The minimum atomic E-state index is -0.259. The highest BCUT2D eigenvalue weighted by atomic mass is 19.1. The molecule has 0 radical (unpaired) electrons. The Morgan fingerprint density at radius 2 is 1.80 bits per heavy atom. The minimum Gasteiger partial charge on any atom is -0.497 e. The van der Waals surface area contributed by atoms with Crippen molar-refractivity contribution in [2.24, 2.45) is 0 Å². The smallest absolute Gasteiger partial charge is 0.224 e. The summed E-state index contributed by atoms with van der Waals surface area (Å²) < 4.78 is 24.3. The summed E-state index contributed by atoms with van der Waals surface area (Å²) in [5, 5.41) is 5.86. The lowest BCUT2D eigenvalue weighted by atomic mass is 10.2. The first kappa shape index (κ1) is 21.1. The Hall–Kier alpha value is -3.61. The van der Waals surface area contributed by atoms with Gasteiger partial charge in [0.05, 0.1) is 25.6 Å². The molecule has 156 valence electrons. The molecule has 0 spiro atoms. The highest BCUT2D eigenvalue weighted by Gasteiger charge is 2.05. The van der Waals surface area contributed by atoms with Gasteiger partial charge in [0.2, 0.25) is 5.91 Å². The molecule has 0 saturated heterocycles. The van der Waals surface area contributed by atoms with E-state index < -0.39 is 0 Å². The van der Waals surface area contributed by atoms with Crippen molar-refractivity contribution < 1.29 is 18.7 Å². The quantitative estimate of drug-likeness (QED) is 0.477. The fourth-order valence-electron chi connectivity index (χ4n) is 2.72. The second-order valence-corrected chi connectivity index (χ2v) is 6.55. The van der Waals surface area contributed by atoms with Crippen LogP contribution in [0, 0.1) is 5.82 Å². The molecular formula is C23H24FN3O3. The van der Waals surface area contributed by atoms with Gasteiger partial charge in [0.15, 0.2) is 0 Å². The Balaban J connectivity index is 1.37. The van der Waals surface area contributed by atoms with Crippen LogP contribution in [0.5, 0.6) is 11.5 Å². The van der Waals surface area contributed by atoms with Crippen molar-refractivity contribution >= 4 is 17.4 Å². The first-order chi connectivity index (χ1) is 14.6. The van der Waals surface area contributed by atoms with Crippen molar-refractivity contribution in [2.75, 3.05) is 24.4 Å². The number of carbonyl (C=O) groups is 1. The Morgan fingerprint density at radius 3 is 2.50 bits per heavy atom. The third-order valence-corrected chi connectivity index (χ3v) is 4.34. The number of ether oxygens (including phenoxy) is 2. The third kappa shape index (κ3) is 6.48. The van der Waals surface area contributed by atoms with Gasteiger partial charge in [-0.2, -0.15) is 0 Å². The molecule has 7 heteroatoms. The van der Waals surface area contributed by atoms with Gasteiger partial charge in [0.25, 0.3) is 0 Å². The number of carbonyl (C=O) groups excluding carboxylic acids is 1. The van der Waals surface area contributed by atoms with E-state index in [2.05, 4.69) is 15.6 Å². The van der Waals surface area contributed by atoms with Crippen LogP contribution >= 0.6 is 0 Å². The molecule has 30 heavy (non-hydrogen) atoms. The van der Waals surface area contributed by atoms with E-state index in [1.54, 1.807) is 43.6 Å². The molecule has 3 rings (SSSR count). The van der Waals surface area contributed by atoms with Crippen LogP contribution in [0.1, 0.15) is 18.4 Å². The van der Waals surface area contributed by atoms with Crippen LogP contribution in [-0.2, 0) is 11.3 Å². The van der Waals surface area contributed by atoms with E-state index in [1.165, 1.54) is 6.07 Å². The summed E-state index contributed by atoms with van der Waals surface area (Å²) in [4.78, 5) is 16.3. The van der Waals surface area contributed by atoms with Crippen LogP contribution in [0.15, 0.2) is 66.9 Å². The van der Waals surface area contributed by atoms with Crippen LogP contribution in [0.25, 0.3) is 0 Å². The molecule has 2 aromatic carbocycles. The zero-order valence-electron chi connectivity index (χ0n) is 16.7. The van der Waals surface area contributed by atoms with E-state index in [1.807, 2.05) is 24.3 Å². The maximum absolute atomic E-state index is 13.6. The zero-order valence-corrected chi connectivity index (χ0v) is 16.7. The van der Waals surface area contributed by atoms with Crippen LogP contribution in [0.4, 0.5) is 15.9 Å². The van der Waals surface area contributed by atoms with Crippen molar-refractivity contribution in [3.05, 3.63) is 78.2 Å². The number of benzene rings is 2. The van der Waals surface area contributed by atoms with Crippen molar-refractivity contribution in [2.45, 2.75) is 19.4 Å². The predicted octanol–water partition coefficient (Wildman–Crippen LogP) is 4.64. The Bertz CT molecular complexity index is 947. The highest BCUT2D eigenvalue weighted by molar-refractivity contribution is 5.90. The van der Waals surface area contributed by atoms with Crippen LogP contribution < -0.4 is 20.1 Å². The highest BCUT2D eigenvalue weighted by Crippen LogP contribution is 2.17. The topological polar surface area (TPSA) is 72.5 Å². The van der Waals surface area contributed by atoms with Crippen molar-refractivity contribution in [1.29, 1.82) is 0 Å². The van der Waals surface area contributed by atoms with Crippen LogP contribution in [0.2, 0.25) is 0 Å². The van der Waals surface area contributed by atoms with E-state index in [0.29, 0.717) is 43.1 Å². The number of rotatable bonds is 10. The van der Waals surface area contributed by atoms with Gasteiger partial charge in [-0.25, -0.2) is 9.37 Å². The van der Waals surface area contributed by atoms with E-state index in [0.717, 1.165) is 11.5 Å². The van der Waals surface area contributed by atoms with Crippen molar-refractivity contribution in [3.8, 4) is 11.5 Å². The summed E-state index contributed by atoms with van der Waals surface area (Å²) in [6.07, 6.45) is 2.49. The number of hydrogen-bond donors (Lipinski definition) is 2. The molecule has 1 aromatic heterocycles. The third-order valence-electron chi connectivity index (χ3n) is 4.34. The fourth-order valence-corrected chi connectivity index (χ4v) is 2.72. The molecule has 6 nitrogen and oxygen atoms in total. The van der Waals surface area contributed by atoms with Crippen LogP contribution in [-0.4, -0.2) is 24.6 Å². The van der Waals surface area contributed by atoms with Gasteiger partial charge < -0.3 is 20.1 Å². The van der Waals surface area contributed by atoms with Gasteiger partial charge in [-0.05, 0) is 48.9 Å². The number of amides is 1. The lowest BCUT2D eigenvalue weighted by Gasteiger charge is -2.09. The Labute approximate surface area is 175 Å². The molecule has 2 N–H and O–H groups in total. The number of hydrogen-bond acceptors (Lipinski definition) is 5. The summed E-state index contributed by atoms with van der Waals surface area (Å²) in [5.41, 5.74) is 1.17. The van der Waals surface area contributed by atoms with Crippen molar-refractivity contribution in [1.82, 2.24) is 4.98 Å². The SMILES string of the molecule is COc1ccc(OCCCC(=O)Nc2ccc(NCc3ccccc3F)nc2)cc1. The first-order valence-electron chi connectivity index (χ1n) is 9.64. The monoisotopic (exact) mass is 409 g/mol. The molecule has 0 fully saturated rings. The first-order valence-corrected chi connectivity index (χ1v) is 9.64. The summed E-state index contributed by atoms with van der Waals surface area (Å²) in [5.74, 6) is 1.74. The molecule has 3 aromatic rings. The number of pyridine rings is 1. The number of aromatic nitrogens is 1. The molecule has 0 unspecified atom stereocenters. The lowest BCUT2D eigenvalue weighted by molar-refractivity contribution is -0.116. The normalized spacial score (nSPS) is 10.3. The molecule has 1 heterocycles. The van der Waals surface area contributed by atoms with E-state index in [-0.39, 0.29) is 11.7 Å². The minimum absolute atomic E-state index is 0.109. The fraction of sp³-hybridized carbons (Fsp3) is 0.217. The number of anilines is 2. The van der Waals surface area contributed by atoms with E-state index in [4.69, 9.17) is 9.47 Å². The molecular weight excluding hydrogens is 385 g/mol. The van der Waals surface area contributed by atoms with E-state index >= 15 is 0 Å². The molecule has 0 aliphatic carbocycles. The molecule has 0 aliphatic rings. The molecule has 0 bridgehead atoms. The number of halogens is 1. The van der Waals surface area contributed by atoms with Gasteiger partial charge in [-0.1, -0.05) is 18.2 Å². The second-order valence-electron chi connectivity index (χ2n) is 6.55.